The van der Waals surface area contributed by atoms with Gasteiger partial charge in [-0.1, -0.05) is 211 Å². The molecule has 67 heavy (non-hydrogen) atoms. The Balaban J connectivity index is 4.25. The van der Waals surface area contributed by atoms with Crippen LogP contribution >= 0.6 is 0 Å². The van der Waals surface area contributed by atoms with Gasteiger partial charge in [0.05, 0.1) is 40.3 Å². The van der Waals surface area contributed by atoms with Crippen LogP contribution < -0.4 is 5.11 Å². The van der Waals surface area contributed by atoms with E-state index in [1.807, 2.05) is 21.1 Å². The van der Waals surface area contributed by atoms with E-state index in [0.717, 1.165) is 51.4 Å². The Bertz CT molecular complexity index is 1190. The quantitative estimate of drug-likeness (QED) is 0.0195. The Morgan fingerprint density at radius 2 is 0.806 bits per heavy atom. The Morgan fingerprint density at radius 1 is 0.448 bits per heavy atom. The highest BCUT2D eigenvalue weighted by Gasteiger charge is 2.22. The van der Waals surface area contributed by atoms with Crippen molar-refractivity contribution in [3.05, 3.63) is 36.5 Å². The lowest BCUT2D eigenvalue weighted by molar-refractivity contribution is -0.870. The fourth-order valence-electron chi connectivity index (χ4n) is 7.97. The van der Waals surface area contributed by atoms with Crippen LogP contribution in [0.5, 0.6) is 0 Å². The van der Waals surface area contributed by atoms with Crippen molar-refractivity contribution in [2.24, 2.45) is 0 Å². The third-order valence-electron chi connectivity index (χ3n) is 12.4. The van der Waals surface area contributed by atoms with Crippen LogP contribution in [-0.4, -0.2) is 82.3 Å². The van der Waals surface area contributed by atoms with Crippen LogP contribution in [0.15, 0.2) is 36.5 Å². The Hall–Kier alpha value is -2.49. The van der Waals surface area contributed by atoms with Gasteiger partial charge in [-0.05, 0) is 70.6 Å². The minimum Gasteiger partial charge on any atom is -0.545 e. The first kappa shape index (κ1) is 64.5. The summed E-state index contributed by atoms with van der Waals surface area (Å²) >= 11 is 0. The highest BCUT2D eigenvalue weighted by atomic mass is 16.7. The SMILES string of the molecule is CCCCC/C=C\C/C=C\CCCCCCCCCCCC(=O)OC(COC(=O)CCCCCCCCCCCCC/C=C\CCCCCCCCCC)COC(OCC[N+](C)(C)C)C(=O)[O-]. The van der Waals surface area contributed by atoms with Gasteiger partial charge in [0.1, 0.15) is 13.2 Å². The van der Waals surface area contributed by atoms with Crippen molar-refractivity contribution in [2.75, 3.05) is 47.5 Å². The van der Waals surface area contributed by atoms with Crippen LogP contribution in [0.3, 0.4) is 0 Å². The van der Waals surface area contributed by atoms with E-state index in [1.54, 1.807) is 0 Å². The van der Waals surface area contributed by atoms with Crippen molar-refractivity contribution in [2.45, 2.75) is 270 Å². The standard InChI is InChI=1S/C58H107NO8/c1-6-8-10-12-14-16-18-20-22-24-26-27-28-29-31-32-34-36-38-40-42-44-46-48-55(60)65-52-54(53-66-58(57(62)63)64-51-50-59(3,4)5)67-56(61)49-47-45-43-41-39-37-35-33-30-25-23-21-19-17-15-13-11-9-7-2/h15,17,21,23-24,26,54,58H,6-14,16,18-20,22,25,27-53H2,1-5H3/b17-15-,23-21-,26-24-. The van der Waals surface area contributed by atoms with Crippen molar-refractivity contribution in [3.8, 4) is 0 Å². The number of hydrogen-bond donors (Lipinski definition) is 0. The van der Waals surface area contributed by atoms with Gasteiger partial charge < -0.3 is 33.3 Å². The van der Waals surface area contributed by atoms with Gasteiger partial charge in [-0.25, -0.2) is 0 Å². The summed E-state index contributed by atoms with van der Waals surface area (Å²) in [6, 6.07) is 0. The van der Waals surface area contributed by atoms with Crippen molar-refractivity contribution in [1.82, 2.24) is 0 Å². The third kappa shape index (κ3) is 51.2. The number of esters is 2. The van der Waals surface area contributed by atoms with Crippen molar-refractivity contribution in [1.29, 1.82) is 0 Å². The van der Waals surface area contributed by atoms with Gasteiger partial charge in [0, 0.05) is 12.8 Å². The zero-order valence-corrected chi connectivity index (χ0v) is 44.5. The number of carboxylic acids is 1. The molecule has 0 aromatic carbocycles. The molecule has 0 heterocycles. The van der Waals surface area contributed by atoms with Crippen LogP contribution in [0.25, 0.3) is 0 Å². The van der Waals surface area contributed by atoms with Crippen LogP contribution in [0.2, 0.25) is 0 Å². The predicted octanol–water partition coefficient (Wildman–Crippen LogP) is 14.8. The molecule has 0 spiro atoms. The summed E-state index contributed by atoms with van der Waals surface area (Å²) < 4.78 is 22.7. The molecule has 9 nitrogen and oxygen atoms in total. The van der Waals surface area contributed by atoms with Crippen molar-refractivity contribution < 1.29 is 42.9 Å². The molecule has 2 unspecified atom stereocenters. The largest absolute Gasteiger partial charge is 0.545 e. The van der Waals surface area contributed by atoms with Crippen LogP contribution in [0.4, 0.5) is 0 Å². The Morgan fingerprint density at radius 3 is 1.22 bits per heavy atom. The number of quaternary nitrogens is 1. The van der Waals surface area contributed by atoms with E-state index in [-0.39, 0.29) is 32.2 Å². The van der Waals surface area contributed by atoms with Gasteiger partial charge in [0.15, 0.2) is 12.4 Å². The van der Waals surface area contributed by atoms with E-state index in [4.69, 9.17) is 18.9 Å². The first-order valence-electron chi connectivity index (χ1n) is 28.1. The third-order valence-corrected chi connectivity index (χ3v) is 12.4. The summed E-state index contributed by atoms with van der Waals surface area (Å²) in [7, 11) is 5.92. The normalized spacial score (nSPS) is 13.0. The summed E-state index contributed by atoms with van der Waals surface area (Å²) in [6.45, 7) is 4.75. The molecule has 0 aliphatic rings. The molecule has 0 N–H and O–H groups in total. The van der Waals surface area contributed by atoms with Gasteiger partial charge in [-0.15, -0.1) is 0 Å². The number of ether oxygens (including phenoxy) is 4. The Kier molecular flexibility index (Phi) is 48.1. The summed E-state index contributed by atoms with van der Waals surface area (Å²) in [5.41, 5.74) is 0. The summed E-state index contributed by atoms with van der Waals surface area (Å²) in [5.74, 6) is -2.28. The minimum atomic E-state index is -1.62. The molecule has 0 saturated heterocycles. The second-order valence-corrected chi connectivity index (χ2v) is 20.2. The monoisotopic (exact) mass is 946 g/mol. The van der Waals surface area contributed by atoms with E-state index in [0.29, 0.717) is 23.9 Å². The highest BCUT2D eigenvalue weighted by Crippen LogP contribution is 2.16. The van der Waals surface area contributed by atoms with E-state index >= 15 is 0 Å². The molecule has 0 radical (unpaired) electrons. The van der Waals surface area contributed by atoms with Gasteiger partial charge in [0.2, 0.25) is 0 Å². The average Bonchev–Trinajstić information content (AvgIpc) is 3.29. The van der Waals surface area contributed by atoms with Crippen molar-refractivity contribution in [3.63, 3.8) is 0 Å². The number of aliphatic carboxylic acids is 1. The average molecular weight is 946 g/mol. The molecule has 2 atom stereocenters. The minimum absolute atomic E-state index is 0.147. The van der Waals surface area contributed by atoms with E-state index in [9.17, 15) is 19.5 Å². The summed E-state index contributed by atoms with van der Waals surface area (Å²) in [4.78, 5) is 37.2. The maximum atomic E-state index is 12.8. The van der Waals surface area contributed by atoms with E-state index in [2.05, 4.69) is 50.3 Å². The lowest BCUT2D eigenvalue weighted by atomic mass is 10.0. The molecular weight excluding hydrogens is 839 g/mol. The molecule has 0 rings (SSSR count). The molecule has 9 heteroatoms. The van der Waals surface area contributed by atoms with E-state index < -0.39 is 24.3 Å². The fourth-order valence-corrected chi connectivity index (χ4v) is 7.97. The zero-order chi connectivity index (χ0) is 49.2. The number of carboxylic acid groups (broad SMARTS) is 1. The van der Waals surface area contributed by atoms with Crippen LogP contribution in [-0.2, 0) is 33.3 Å². The number of nitrogens with zero attached hydrogens (tertiary/aromatic N) is 1. The molecule has 0 aliphatic heterocycles. The molecule has 0 aromatic heterocycles. The highest BCUT2D eigenvalue weighted by molar-refractivity contribution is 5.70. The van der Waals surface area contributed by atoms with Gasteiger partial charge in [0.25, 0.3) is 0 Å². The first-order chi connectivity index (χ1) is 32.6. The second kappa shape index (κ2) is 49.9. The van der Waals surface area contributed by atoms with Gasteiger partial charge in [-0.3, -0.25) is 9.59 Å². The molecular formula is C58H107NO8. The number of rotatable bonds is 52. The molecule has 0 bridgehead atoms. The predicted molar refractivity (Wildman–Crippen MR) is 279 cm³/mol. The topological polar surface area (TPSA) is 111 Å². The number of likely N-dealkylation sites (N-methyl/N-ethyl adjacent to an activating group) is 1. The lowest BCUT2D eigenvalue weighted by Crippen LogP contribution is -2.44. The summed E-state index contributed by atoms with van der Waals surface area (Å²) in [6.07, 6.45) is 56.1. The van der Waals surface area contributed by atoms with Crippen molar-refractivity contribution >= 4 is 17.9 Å². The lowest BCUT2D eigenvalue weighted by Gasteiger charge is -2.26. The number of carbonyl (C=O) groups is 3. The fraction of sp³-hybridized carbons (Fsp3) is 0.845. The maximum absolute atomic E-state index is 12.8. The molecule has 0 aromatic rings. The molecule has 0 aliphatic carbocycles. The van der Waals surface area contributed by atoms with Gasteiger partial charge in [-0.2, -0.15) is 0 Å². The summed E-state index contributed by atoms with van der Waals surface area (Å²) in [5, 5.41) is 11.8. The molecule has 392 valence electrons. The second-order valence-electron chi connectivity index (χ2n) is 20.2. The zero-order valence-electron chi connectivity index (χ0n) is 44.5. The molecule has 0 fully saturated rings. The van der Waals surface area contributed by atoms with Gasteiger partial charge >= 0.3 is 11.9 Å². The van der Waals surface area contributed by atoms with Crippen LogP contribution in [0, 0.1) is 0 Å². The Labute approximate surface area is 413 Å². The first-order valence-corrected chi connectivity index (χ1v) is 28.1. The number of carbonyl (C=O) groups excluding carboxylic acids is 3. The molecule has 0 amide bonds. The van der Waals surface area contributed by atoms with E-state index in [1.165, 1.54) is 173 Å². The number of allylic oxidation sites excluding steroid dienone is 6. The van der Waals surface area contributed by atoms with Crippen LogP contribution in [0.1, 0.15) is 258 Å². The number of unbranched alkanes of at least 4 members (excludes halogenated alkanes) is 31. The smallest absolute Gasteiger partial charge is 0.306 e. The molecule has 0 saturated carbocycles. The number of hydrogen-bond acceptors (Lipinski definition) is 8. The maximum Gasteiger partial charge on any atom is 0.306 e.